The van der Waals surface area contributed by atoms with Crippen LogP contribution in [0.1, 0.15) is 199 Å². The number of fused-ring (bicyclic) bond motifs is 8. The molecule has 4 saturated heterocycles. The highest BCUT2D eigenvalue weighted by atomic mass is 19.1. The van der Waals surface area contributed by atoms with Crippen molar-refractivity contribution >= 4 is 46.4 Å². The van der Waals surface area contributed by atoms with Crippen molar-refractivity contribution in [2.45, 2.75) is 220 Å². The summed E-state index contributed by atoms with van der Waals surface area (Å²) in [5.41, 5.74) is 15.0. The molecule has 4 saturated carbocycles. The molecule has 0 N–H and O–H groups in total. The number of carbonyl (C=O) groups excluding carboxylic acids is 4. The number of carbonyl (C=O) groups is 4. The SMILES string of the molecule is Cn1cc(-c2ccc(CN3C(=O)C4(CCN(C5CCCCC5)C4)c4ccccc43)c(F)c2)cn1.Cn1cc(-c2ccc(CN3C(=O)C4(CCN(C5CCCCC5)C4)c4ccccc43)c(F)c2)cn1.Cn1cc(-c2ccc(CN3C(=O)C4(CCN(C5CCCCC5)C4)c4ccccc43)c(F)c2)cn1.Cn1cc(-c2ccc(CN3C(=O)C4(CCN(CC5CCCCC5)C4)c4ccccc43)c(F)c2)cn1. The second-order valence-electron chi connectivity index (χ2n) is 41.3. The molecule has 8 aliphatic heterocycles. The number of para-hydroxylation sites is 4. The highest BCUT2D eigenvalue weighted by Gasteiger charge is 2.60. The van der Waals surface area contributed by atoms with Gasteiger partial charge in [-0.25, -0.2) is 17.6 Å². The molecule has 8 aromatic carbocycles. The van der Waals surface area contributed by atoms with Crippen molar-refractivity contribution in [1.82, 2.24) is 58.7 Å². The lowest BCUT2D eigenvalue weighted by molar-refractivity contribution is -0.123. The summed E-state index contributed by atoms with van der Waals surface area (Å²) in [7, 11) is 7.39. The van der Waals surface area contributed by atoms with Crippen LogP contribution in [-0.4, -0.2) is 159 Å². The summed E-state index contributed by atoms with van der Waals surface area (Å²) < 4.78 is 67.6. The van der Waals surface area contributed by atoms with Gasteiger partial charge in [0.05, 0.1) is 72.6 Å². The van der Waals surface area contributed by atoms with Crippen LogP contribution in [0.15, 0.2) is 219 Å². The number of nitrogens with zero attached hydrogens (tertiary/aromatic N) is 16. The maximum absolute atomic E-state index is 15.2. The molecule has 12 aromatic rings. The standard InChI is InChI=1S/C29H33FN4O.3C28H31FN4O/c1-32-18-24(16-31-32)22-11-12-23(26(30)15-22)19-34-27-10-6-5-9-25(27)29(28(34)35)13-14-33(20-29)17-21-7-3-2-4-8-21;3*1-31-17-22(16-30-31)20-11-12-21(25(29)15-20)18-33-26-10-6-5-9-24(26)28(27(33)34)13-14-32(19-28)23-7-3-2-4-8-23/h5-6,9-12,15-16,18,21H,2-4,7-8,13-14,17,19-20H2,1H3;3*5-6,9-12,15-17,23H,2-4,7-8,13-14,18-19H2,1H3. The molecule has 710 valence electrons. The van der Waals surface area contributed by atoms with Crippen molar-refractivity contribution in [1.29, 1.82) is 0 Å². The van der Waals surface area contributed by atoms with Crippen LogP contribution in [0.3, 0.4) is 0 Å². The second-order valence-corrected chi connectivity index (χ2v) is 41.3. The molecular formula is C113H126F4N16O4. The third-order valence-electron chi connectivity index (χ3n) is 32.9. The molecule has 8 fully saturated rings. The number of amides is 4. The fourth-order valence-electron chi connectivity index (χ4n) is 25.5. The Morgan fingerprint density at radius 1 is 0.292 bits per heavy atom. The largest absolute Gasteiger partial charge is 0.307 e. The highest BCUT2D eigenvalue weighted by molar-refractivity contribution is 6.11. The molecule has 4 amide bonds. The van der Waals surface area contributed by atoms with E-state index in [2.05, 4.69) is 64.3 Å². The lowest BCUT2D eigenvalue weighted by atomic mass is 9.81. The molecule has 12 aliphatic rings. The monoisotopic (exact) mass is 1850 g/mol. The molecule has 4 unspecified atom stereocenters. The number of rotatable bonds is 17. The number of halogens is 4. The Labute approximate surface area is 801 Å². The van der Waals surface area contributed by atoms with E-state index in [1.807, 2.05) is 194 Å². The van der Waals surface area contributed by atoms with Crippen molar-refractivity contribution in [3.8, 4) is 44.5 Å². The van der Waals surface area contributed by atoms with E-state index in [4.69, 9.17) is 0 Å². The van der Waals surface area contributed by atoms with Crippen LogP contribution in [0.4, 0.5) is 40.3 Å². The van der Waals surface area contributed by atoms with Gasteiger partial charge >= 0.3 is 0 Å². The Morgan fingerprint density at radius 2 is 0.540 bits per heavy atom. The summed E-state index contributed by atoms with van der Waals surface area (Å²) in [5, 5.41) is 16.7. The van der Waals surface area contributed by atoms with Gasteiger partial charge in [0.2, 0.25) is 23.6 Å². The quantitative estimate of drug-likeness (QED) is 0.0793. The van der Waals surface area contributed by atoms with Gasteiger partial charge < -0.3 is 24.5 Å². The molecule has 4 atom stereocenters. The van der Waals surface area contributed by atoms with Gasteiger partial charge in [0.25, 0.3) is 0 Å². The van der Waals surface area contributed by atoms with Crippen LogP contribution in [0.5, 0.6) is 0 Å². The fraction of sp³-hybridized carbons (Fsp3) is 0.434. The van der Waals surface area contributed by atoms with Crippen LogP contribution in [0.25, 0.3) is 44.5 Å². The van der Waals surface area contributed by atoms with E-state index in [9.17, 15) is 19.2 Å². The average Bonchev–Trinajstić information content (AvgIpc) is 1.58. The molecule has 4 spiro atoms. The van der Waals surface area contributed by atoms with Crippen molar-refractivity contribution < 1.29 is 36.7 Å². The van der Waals surface area contributed by atoms with Gasteiger partial charge in [0, 0.05) is 171 Å². The Kier molecular flexibility index (Phi) is 25.7. The Morgan fingerprint density at radius 3 is 0.796 bits per heavy atom. The maximum atomic E-state index is 15.2. The predicted octanol–water partition coefficient (Wildman–Crippen LogP) is 20.4. The molecule has 4 aromatic heterocycles. The Balaban J connectivity index is 0.000000109. The first kappa shape index (κ1) is 91.5. The Hall–Kier alpha value is -12.0. The van der Waals surface area contributed by atoms with Crippen LogP contribution < -0.4 is 19.6 Å². The molecule has 4 aliphatic carbocycles. The minimum absolute atomic E-state index is 0.126. The van der Waals surface area contributed by atoms with Gasteiger partial charge in [-0.3, -0.25) is 52.6 Å². The highest BCUT2D eigenvalue weighted by Crippen LogP contribution is 2.55. The van der Waals surface area contributed by atoms with Crippen molar-refractivity contribution in [3.05, 3.63) is 287 Å². The van der Waals surface area contributed by atoms with E-state index in [0.29, 0.717) is 40.4 Å². The number of aromatic nitrogens is 8. The minimum Gasteiger partial charge on any atom is -0.307 e. The summed E-state index contributed by atoms with van der Waals surface area (Å²) in [6.45, 7) is 9.08. The molecule has 24 heteroatoms. The van der Waals surface area contributed by atoms with Gasteiger partial charge in [-0.05, 0) is 202 Å². The summed E-state index contributed by atoms with van der Waals surface area (Å²) in [5.74, 6) is 0.111. The molecule has 137 heavy (non-hydrogen) atoms. The number of hydrogen-bond acceptors (Lipinski definition) is 12. The normalized spacial score (nSPS) is 23.2. The first-order valence-corrected chi connectivity index (χ1v) is 50.4. The summed E-state index contributed by atoms with van der Waals surface area (Å²) in [6, 6.07) is 55.5. The maximum Gasteiger partial charge on any atom is 0.239 e. The smallest absolute Gasteiger partial charge is 0.239 e. The van der Waals surface area contributed by atoms with E-state index in [1.54, 1.807) is 67.8 Å². The van der Waals surface area contributed by atoms with Crippen molar-refractivity contribution in [3.63, 3.8) is 0 Å². The number of anilines is 4. The molecule has 24 rings (SSSR count). The van der Waals surface area contributed by atoms with Crippen LogP contribution in [0, 0.1) is 29.2 Å². The van der Waals surface area contributed by atoms with E-state index in [0.717, 1.165) is 180 Å². The molecule has 12 heterocycles. The van der Waals surface area contributed by atoms with Gasteiger partial charge in [-0.15, -0.1) is 0 Å². The lowest BCUT2D eigenvalue weighted by Gasteiger charge is -2.32. The first-order chi connectivity index (χ1) is 66.7. The zero-order chi connectivity index (χ0) is 93.9. The van der Waals surface area contributed by atoms with Gasteiger partial charge in [-0.1, -0.05) is 198 Å². The minimum atomic E-state index is -0.503. The van der Waals surface area contributed by atoms with Gasteiger partial charge in [-0.2, -0.15) is 20.4 Å². The van der Waals surface area contributed by atoms with Gasteiger partial charge in [0.15, 0.2) is 0 Å². The number of benzene rings is 8. The predicted molar refractivity (Wildman–Crippen MR) is 528 cm³/mol. The number of aryl methyl sites for hydroxylation is 4. The average molecular weight is 1850 g/mol. The van der Waals surface area contributed by atoms with Crippen molar-refractivity contribution in [2.75, 3.05) is 78.5 Å². The summed E-state index contributed by atoms with van der Waals surface area (Å²) >= 11 is 0. The third-order valence-corrected chi connectivity index (χ3v) is 32.9. The molecule has 0 bridgehead atoms. The van der Waals surface area contributed by atoms with E-state index in [-0.39, 0.29) is 73.1 Å². The zero-order valence-corrected chi connectivity index (χ0v) is 79.6. The fourth-order valence-corrected chi connectivity index (χ4v) is 25.5. The number of likely N-dealkylation sites (tertiary alicyclic amines) is 4. The molecular weight excluding hydrogens is 1720 g/mol. The topological polar surface area (TPSA) is 165 Å². The third kappa shape index (κ3) is 17.6. The summed E-state index contributed by atoms with van der Waals surface area (Å²) in [6.07, 6.45) is 43.6. The lowest BCUT2D eigenvalue weighted by Crippen LogP contribution is -2.44. The van der Waals surface area contributed by atoms with Crippen LogP contribution in [0.2, 0.25) is 0 Å². The number of hydrogen-bond donors (Lipinski definition) is 0. The second kappa shape index (κ2) is 38.4. The van der Waals surface area contributed by atoms with E-state index < -0.39 is 21.7 Å². The molecule has 20 nitrogen and oxygen atoms in total. The van der Waals surface area contributed by atoms with Crippen LogP contribution in [-0.2, 0) is 95.2 Å². The van der Waals surface area contributed by atoms with Crippen LogP contribution >= 0.6 is 0 Å². The molecule has 0 radical (unpaired) electrons. The van der Waals surface area contributed by atoms with Gasteiger partial charge in [0.1, 0.15) is 23.3 Å². The Bertz CT molecular complexity index is 6020. The first-order valence-electron chi connectivity index (χ1n) is 50.4. The van der Waals surface area contributed by atoms with E-state index in [1.165, 1.54) is 128 Å². The zero-order valence-electron chi connectivity index (χ0n) is 79.6. The summed E-state index contributed by atoms with van der Waals surface area (Å²) in [4.78, 5) is 73.4. The van der Waals surface area contributed by atoms with Crippen molar-refractivity contribution in [2.24, 2.45) is 34.1 Å². The van der Waals surface area contributed by atoms with E-state index >= 15 is 17.6 Å².